The van der Waals surface area contributed by atoms with E-state index in [1.165, 1.54) is 10.9 Å². The molecule has 1 atom stereocenters. The lowest BCUT2D eigenvalue weighted by molar-refractivity contribution is 0.0742. The van der Waals surface area contributed by atoms with Crippen LogP contribution >= 0.6 is 0 Å². The maximum Gasteiger partial charge on any atom is 0.407 e. The fraction of sp³-hybridized carbons (Fsp3) is 0.438. The van der Waals surface area contributed by atoms with Gasteiger partial charge >= 0.3 is 6.09 Å². The molecule has 4 heteroatoms. The zero-order chi connectivity index (χ0) is 14.5. The predicted octanol–water partition coefficient (Wildman–Crippen LogP) is 3.79. The van der Waals surface area contributed by atoms with Crippen molar-refractivity contribution < 1.29 is 9.90 Å². The van der Waals surface area contributed by atoms with Crippen molar-refractivity contribution in [2.75, 3.05) is 6.54 Å². The largest absolute Gasteiger partial charge is 0.465 e. The van der Waals surface area contributed by atoms with Crippen molar-refractivity contribution in [3.8, 4) is 0 Å². The fourth-order valence-corrected chi connectivity index (χ4v) is 3.35. The number of rotatable bonds is 0. The van der Waals surface area contributed by atoms with Crippen molar-refractivity contribution in [2.45, 2.75) is 33.2 Å². The number of fused-ring (bicyclic) bond motifs is 3. The second-order valence-electron chi connectivity index (χ2n) is 6.56. The van der Waals surface area contributed by atoms with Gasteiger partial charge in [-0.1, -0.05) is 39.0 Å². The van der Waals surface area contributed by atoms with Crippen LogP contribution in [0.25, 0.3) is 10.9 Å². The van der Waals surface area contributed by atoms with Crippen molar-refractivity contribution in [2.24, 2.45) is 5.41 Å². The Kier molecular flexibility index (Phi) is 2.78. The molecule has 2 heterocycles. The van der Waals surface area contributed by atoms with Gasteiger partial charge in [0, 0.05) is 23.1 Å². The van der Waals surface area contributed by atoms with Gasteiger partial charge in [-0.3, -0.25) is 4.90 Å². The number of para-hydroxylation sites is 1. The second kappa shape index (κ2) is 4.27. The minimum atomic E-state index is -0.839. The Hall–Kier alpha value is -1.97. The molecule has 2 N–H and O–H groups in total. The van der Waals surface area contributed by atoms with Crippen molar-refractivity contribution in [1.29, 1.82) is 0 Å². The minimum absolute atomic E-state index is 0.129. The lowest BCUT2D eigenvalue weighted by atomic mass is 9.80. The molecule has 1 amide bonds. The van der Waals surface area contributed by atoms with Gasteiger partial charge in [0.1, 0.15) is 0 Å². The van der Waals surface area contributed by atoms with E-state index in [2.05, 4.69) is 37.9 Å². The summed E-state index contributed by atoms with van der Waals surface area (Å²) in [6.45, 7) is 6.84. The molecule has 3 rings (SSSR count). The van der Waals surface area contributed by atoms with Crippen molar-refractivity contribution in [3.63, 3.8) is 0 Å². The average Bonchev–Trinajstić information content (AvgIpc) is 2.74. The number of carbonyl (C=O) groups is 1. The van der Waals surface area contributed by atoms with Gasteiger partial charge in [0.2, 0.25) is 0 Å². The Labute approximate surface area is 118 Å². The molecule has 2 aromatic rings. The lowest BCUT2D eigenvalue weighted by Gasteiger charge is -2.41. The zero-order valence-corrected chi connectivity index (χ0v) is 12.1. The van der Waals surface area contributed by atoms with Crippen molar-refractivity contribution in [1.82, 2.24) is 9.88 Å². The monoisotopic (exact) mass is 272 g/mol. The number of nitrogens with one attached hydrogen (secondary N) is 1. The molecule has 0 bridgehead atoms. The summed E-state index contributed by atoms with van der Waals surface area (Å²) in [5, 5.41) is 10.7. The summed E-state index contributed by atoms with van der Waals surface area (Å²) < 4.78 is 0. The predicted molar refractivity (Wildman–Crippen MR) is 78.9 cm³/mol. The van der Waals surface area contributed by atoms with Crippen LogP contribution < -0.4 is 0 Å². The quantitative estimate of drug-likeness (QED) is 0.766. The van der Waals surface area contributed by atoms with Gasteiger partial charge < -0.3 is 10.1 Å². The standard InChI is InChI=1S/C16H20N2O2/c1-16(2,3)14-13-11(8-9-18(14)15(19)20)10-6-4-5-7-12(10)17-13/h4-7,14,17H,8-9H2,1-3H3,(H,19,20). The number of nitrogens with zero attached hydrogens (tertiary/aromatic N) is 1. The number of amides is 1. The van der Waals surface area contributed by atoms with E-state index in [9.17, 15) is 9.90 Å². The first-order chi connectivity index (χ1) is 9.39. The van der Waals surface area contributed by atoms with E-state index in [1.54, 1.807) is 4.90 Å². The molecule has 0 saturated carbocycles. The van der Waals surface area contributed by atoms with Gasteiger partial charge in [-0.15, -0.1) is 0 Å². The summed E-state index contributed by atoms with van der Waals surface area (Å²) in [7, 11) is 0. The van der Waals surface area contributed by atoms with E-state index < -0.39 is 6.09 Å². The molecule has 1 aromatic carbocycles. The summed E-state index contributed by atoms with van der Waals surface area (Å²) in [5.41, 5.74) is 3.29. The summed E-state index contributed by atoms with van der Waals surface area (Å²) in [4.78, 5) is 16.6. The molecular formula is C16H20N2O2. The zero-order valence-electron chi connectivity index (χ0n) is 12.1. The summed E-state index contributed by atoms with van der Waals surface area (Å²) in [6, 6.07) is 8.08. The average molecular weight is 272 g/mol. The van der Waals surface area contributed by atoms with E-state index in [0.717, 1.165) is 17.6 Å². The molecule has 1 unspecified atom stereocenters. The van der Waals surface area contributed by atoms with Gasteiger partial charge in [0.15, 0.2) is 0 Å². The Morgan fingerprint density at radius 3 is 2.70 bits per heavy atom. The molecular weight excluding hydrogens is 252 g/mol. The van der Waals surface area contributed by atoms with Crippen LogP contribution in [0, 0.1) is 5.41 Å². The molecule has 0 saturated heterocycles. The van der Waals surface area contributed by atoms with Crippen LogP contribution in [-0.2, 0) is 6.42 Å². The first kappa shape index (κ1) is 13.0. The molecule has 106 valence electrons. The smallest absolute Gasteiger partial charge is 0.407 e. The number of carboxylic acid groups (broad SMARTS) is 1. The summed E-state index contributed by atoms with van der Waals surface area (Å²) >= 11 is 0. The van der Waals surface area contributed by atoms with Gasteiger partial charge in [0.25, 0.3) is 0 Å². The van der Waals surface area contributed by atoms with Gasteiger partial charge in [0.05, 0.1) is 6.04 Å². The second-order valence-corrected chi connectivity index (χ2v) is 6.56. The number of benzene rings is 1. The highest BCUT2D eigenvalue weighted by Crippen LogP contribution is 2.43. The molecule has 1 aliphatic heterocycles. The van der Waals surface area contributed by atoms with Crippen LogP contribution in [-0.4, -0.2) is 27.6 Å². The lowest BCUT2D eigenvalue weighted by Crippen LogP contribution is -2.44. The molecule has 0 spiro atoms. The van der Waals surface area contributed by atoms with Crippen molar-refractivity contribution >= 4 is 17.0 Å². The normalized spacial score (nSPS) is 19.1. The third-order valence-corrected chi connectivity index (χ3v) is 4.10. The van der Waals surface area contributed by atoms with E-state index in [4.69, 9.17) is 0 Å². The highest BCUT2D eigenvalue weighted by atomic mass is 16.4. The van der Waals surface area contributed by atoms with Crippen LogP contribution in [0.4, 0.5) is 4.79 Å². The van der Waals surface area contributed by atoms with Crippen LogP contribution in [0.2, 0.25) is 0 Å². The summed E-state index contributed by atoms with van der Waals surface area (Å²) in [5.74, 6) is 0. The first-order valence-electron chi connectivity index (χ1n) is 6.98. The number of aromatic amines is 1. The van der Waals surface area contributed by atoms with Crippen LogP contribution in [0.5, 0.6) is 0 Å². The van der Waals surface area contributed by atoms with Crippen LogP contribution in [0.3, 0.4) is 0 Å². The van der Waals surface area contributed by atoms with E-state index in [0.29, 0.717) is 6.54 Å². The number of H-pyrrole nitrogens is 1. The number of hydrogen-bond acceptors (Lipinski definition) is 1. The molecule has 1 aliphatic rings. The maximum absolute atomic E-state index is 11.5. The van der Waals surface area contributed by atoms with Gasteiger partial charge in [-0.2, -0.15) is 0 Å². The molecule has 0 fully saturated rings. The molecule has 1 aromatic heterocycles. The molecule has 0 radical (unpaired) electrons. The van der Waals surface area contributed by atoms with E-state index in [-0.39, 0.29) is 11.5 Å². The van der Waals surface area contributed by atoms with Crippen molar-refractivity contribution in [3.05, 3.63) is 35.5 Å². The first-order valence-corrected chi connectivity index (χ1v) is 6.98. The Balaban J connectivity index is 2.22. The van der Waals surface area contributed by atoms with Gasteiger partial charge in [-0.25, -0.2) is 4.79 Å². The Morgan fingerprint density at radius 2 is 2.05 bits per heavy atom. The molecule has 4 nitrogen and oxygen atoms in total. The number of aromatic nitrogens is 1. The third kappa shape index (κ3) is 1.87. The maximum atomic E-state index is 11.5. The minimum Gasteiger partial charge on any atom is -0.465 e. The Bertz CT molecular complexity index is 667. The SMILES string of the molecule is CC(C)(C)C1c2[nH]c3ccccc3c2CCN1C(=O)O. The number of hydrogen-bond donors (Lipinski definition) is 2. The van der Waals surface area contributed by atoms with E-state index >= 15 is 0 Å². The van der Waals surface area contributed by atoms with Crippen LogP contribution in [0.15, 0.2) is 24.3 Å². The van der Waals surface area contributed by atoms with Gasteiger partial charge in [-0.05, 0) is 23.5 Å². The topological polar surface area (TPSA) is 56.3 Å². The molecule has 20 heavy (non-hydrogen) atoms. The summed E-state index contributed by atoms with van der Waals surface area (Å²) in [6.07, 6.45) is -0.0627. The highest BCUT2D eigenvalue weighted by molar-refractivity contribution is 5.85. The highest BCUT2D eigenvalue weighted by Gasteiger charge is 2.40. The van der Waals surface area contributed by atoms with E-state index in [1.807, 2.05) is 12.1 Å². The van der Waals surface area contributed by atoms with Crippen LogP contribution in [0.1, 0.15) is 38.1 Å². The third-order valence-electron chi connectivity index (χ3n) is 4.10. The molecule has 0 aliphatic carbocycles. The Morgan fingerprint density at radius 1 is 1.35 bits per heavy atom. The fourth-order valence-electron chi connectivity index (χ4n) is 3.35.